The highest BCUT2D eigenvalue weighted by Gasteiger charge is 2.38. The number of halogens is 1. The van der Waals surface area contributed by atoms with Crippen molar-refractivity contribution in [1.29, 1.82) is 0 Å². The van der Waals surface area contributed by atoms with E-state index in [0.29, 0.717) is 10.9 Å². The fourth-order valence-electron chi connectivity index (χ4n) is 2.28. The zero-order valence-electron chi connectivity index (χ0n) is 11.3. The molecule has 1 aromatic carbocycles. The Hall–Kier alpha value is -1.34. The van der Waals surface area contributed by atoms with Crippen molar-refractivity contribution in [3.05, 3.63) is 33.2 Å². The number of thioether (sulfide) groups is 1. The fourth-order valence-corrected chi connectivity index (χ4v) is 3.00. The first-order chi connectivity index (χ1) is 9.42. The lowest BCUT2D eigenvalue weighted by molar-refractivity contribution is -0.116. The van der Waals surface area contributed by atoms with Gasteiger partial charge in [0.15, 0.2) is 5.17 Å². The van der Waals surface area contributed by atoms with Crippen molar-refractivity contribution in [1.82, 2.24) is 10.3 Å². The minimum atomic E-state index is -0.588. The molecule has 0 saturated carbocycles. The number of carbonyl (C=O) groups excluding carboxylic acids is 1. The number of rotatable bonds is 0. The molecule has 0 spiro atoms. The number of hydrazone groups is 1. The van der Waals surface area contributed by atoms with Gasteiger partial charge in [0.25, 0.3) is 5.91 Å². The predicted octanol–water partition coefficient (Wildman–Crippen LogP) is 0.992. The smallest absolute Gasteiger partial charge is 0.276 e. The van der Waals surface area contributed by atoms with Crippen LogP contribution in [0.5, 0.6) is 0 Å². The van der Waals surface area contributed by atoms with Crippen molar-refractivity contribution in [3.8, 4) is 0 Å². The number of nitrogens with one attached hydrogen (secondary N) is 1. The van der Waals surface area contributed by atoms with Crippen LogP contribution in [-0.4, -0.2) is 28.0 Å². The molecular weight excluding hydrogens is 340 g/mol. The first-order valence-corrected chi connectivity index (χ1v) is 8.08. The standard InChI is InChI=1S/C13H13BrN4OS/c1-13(2)16-9-5-4-7(14)6-8(9)10-11(19)15-12(20-3)17-18(10)13/h4-6H,1-3H3,(H,15,17,19). The Morgan fingerprint density at radius 2 is 2.15 bits per heavy atom. The number of hydrogen-bond donors (Lipinski definition) is 1. The summed E-state index contributed by atoms with van der Waals surface area (Å²) in [5.41, 5.74) is -0.0476. The zero-order chi connectivity index (χ0) is 14.5. The molecule has 2 aliphatic heterocycles. The average Bonchev–Trinajstić information content (AvgIpc) is 2.39. The van der Waals surface area contributed by atoms with Crippen LogP contribution >= 0.6 is 27.7 Å². The molecule has 1 N–H and O–H groups in total. The number of benzene rings is 1. The monoisotopic (exact) mass is 352 g/mol. The van der Waals surface area contributed by atoms with Gasteiger partial charge < -0.3 is 0 Å². The number of amides is 1. The van der Waals surface area contributed by atoms with E-state index in [1.807, 2.05) is 38.3 Å². The van der Waals surface area contributed by atoms with Crippen molar-refractivity contribution in [2.75, 3.05) is 6.26 Å². The number of fused-ring (bicyclic) bond motifs is 2. The van der Waals surface area contributed by atoms with E-state index in [1.165, 1.54) is 11.8 Å². The first kappa shape index (κ1) is 13.6. The normalized spacial score (nSPS) is 19.6. The van der Waals surface area contributed by atoms with Gasteiger partial charge in [-0.2, -0.15) is 0 Å². The minimum Gasteiger partial charge on any atom is -0.298 e. The SMILES string of the molecule is CSC1=NN2C(=c3cc(Br)ccc3=NC2(C)C)C(=O)N1. The van der Waals surface area contributed by atoms with E-state index in [0.717, 1.165) is 15.0 Å². The van der Waals surface area contributed by atoms with E-state index in [2.05, 4.69) is 26.3 Å². The lowest BCUT2D eigenvalue weighted by Gasteiger charge is -2.38. The quantitative estimate of drug-likeness (QED) is 0.757. The summed E-state index contributed by atoms with van der Waals surface area (Å²) >= 11 is 4.84. The maximum Gasteiger partial charge on any atom is 0.276 e. The van der Waals surface area contributed by atoms with Crippen LogP contribution in [0.2, 0.25) is 0 Å². The Bertz CT molecular complexity index is 756. The van der Waals surface area contributed by atoms with Crippen molar-refractivity contribution in [2.45, 2.75) is 19.5 Å². The summed E-state index contributed by atoms with van der Waals surface area (Å²) in [5.74, 6) is -0.147. The van der Waals surface area contributed by atoms with Crippen LogP contribution in [0.3, 0.4) is 0 Å². The third-order valence-electron chi connectivity index (χ3n) is 3.16. The largest absolute Gasteiger partial charge is 0.298 e. The summed E-state index contributed by atoms with van der Waals surface area (Å²) in [6.45, 7) is 3.88. The lowest BCUT2D eigenvalue weighted by atomic mass is 10.1. The maximum absolute atomic E-state index is 12.4. The highest BCUT2D eigenvalue weighted by Crippen LogP contribution is 2.27. The molecule has 0 fully saturated rings. The van der Waals surface area contributed by atoms with Gasteiger partial charge in [-0.25, -0.2) is 5.01 Å². The summed E-state index contributed by atoms with van der Waals surface area (Å²) in [5, 5.41) is 11.2. The van der Waals surface area contributed by atoms with Crippen molar-refractivity contribution in [2.24, 2.45) is 10.1 Å². The van der Waals surface area contributed by atoms with Crippen LogP contribution in [0.4, 0.5) is 0 Å². The molecule has 104 valence electrons. The molecule has 0 radical (unpaired) electrons. The molecule has 3 rings (SSSR count). The molecule has 0 bridgehead atoms. The predicted molar refractivity (Wildman–Crippen MR) is 83.3 cm³/mol. The Morgan fingerprint density at radius 3 is 2.85 bits per heavy atom. The van der Waals surface area contributed by atoms with E-state index in [9.17, 15) is 4.79 Å². The zero-order valence-corrected chi connectivity index (χ0v) is 13.7. The van der Waals surface area contributed by atoms with Crippen LogP contribution in [-0.2, 0) is 4.79 Å². The van der Waals surface area contributed by atoms with Gasteiger partial charge in [0.2, 0.25) is 0 Å². The highest BCUT2D eigenvalue weighted by atomic mass is 79.9. The summed E-state index contributed by atoms with van der Waals surface area (Å²) in [6, 6.07) is 5.73. The van der Waals surface area contributed by atoms with E-state index in [1.54, 1.807) is 5.01 Å². The molecule has 1 amide bonds. The van der Waals surface area contributed by atoms with Gasteiger partial charge in [0.1, 0.15) is 11.4 Å². The molecule has 5 nitrogen and oxygen atoms in total. The Labute approximate surface area is 129 Å². The van der Waals surface area contributed by atoms with Crippen LogP contribution in [0, 0.1) is 0 Å². The Morgan fingerprint density at radius 1 is 1.40 bits per heavy atom. The third kappa shape index (κ3) is 2.05. The van der Waals surface area contributed by atoms with Gasteiger partial charge in [-0.15, -0.1) is 5.10 Å². The fraction of sp³-hybridized carbons (Fsp3) is 0.308. The lowest BCUT2D eigenvalue weighted by Crippen LogP contribution is -2.56. The second-order valence-corrected chi connectivity index (χ2v) is 6.70. The Balaban J connectivity index is 2.38. The number of carbonyl (C=O) groups is 1. The van der Waals surface area contributed by atoms with Gasteiger partial charge in [0, 0.05) is 9.69 Å². The van der Waals surface area contributed by atoms with Crippen LogP contribution in [0.1, 0.15) is 13.8 Å². The van der Waals surface area contributed by atoms with E-state index in [-0.39, 0.29) is 5.91 Å². The molecule has 1 aromatic rings. The maximum atomic E-state index is 12.4. The number of nitrogens with zero attached hydrogens (tertiary/aromatic N) is 3. The molecule has 20 heavy (non-hydrogen) atoms. The van der Waals surface area contributed by atoms with Crippen molar-refractivity contribution < 1.29 is 4.79 Å². The number of hydrogen-bond acceptors (Lipinski definition) is 5. The summed E-state index contributed by atoms with van der Waals surface area (Å²) < 4.78 is 0.908. The van der Waals surface area contributed by atoms with Gasteiger partial charge >= 0.3 is 0 Å². The second-order valence-electron chi connectivity index (χ2n) is 4.99. The van der Waals surface area contributed by atoms with Crippen LogP contribution in [0.25, 0.3) is 5.70 Å². The Kier molecular flexibility index (Phi) is 3.13. The van der Waals surface area contributed by atoms with Gasteiger partial charge in [-0.1, -0.05) is 27.7 Å². The molecule has 2 aliphatic rings. The summed E-state index contributed by atoms with van der Waals surface area (Å²) in [4.78, 5) is 17.1. The van der Waals surface area contributed by atoms with E-state index < -0.39 is 5.66 Å². The van der Waals surface area contributed by atoms with Crippen LogP contribution in [0.15, 0.2) is 32.8 Å². The average molecular weight is 353 g/mol. The first-order valence-electron chi connectivity index (χ1n) is 6.06. The second kappa shape index (κ2) is 4.60. The van der Waals surface area contributed by atoms with Gasteiger partial charge in [-0.3, -0.25) is 15.1 Å². The number of amidine groups is 1. The van der Waals surface area contributed by atoms with Gasteiger partial charge in [-0.05, 0) is 38.3 Å². The van der Waals surface area contributed by atoms with Crippen molar-refractivity contribution >= 4 is 44.5 Å². The third-order valence-corrected chi connectivity index (χ3v) is 4.22. The molecule has 0 aliphatic carbocycles. The molecule has 0 aromatic heterocycles. The van der Waals surface area contributed by atoms with Crippen molar-refractivity contribution in [3.63, 3.8) is 0 Å². The van der Waals surface area contributed by atoms with Gasteiger partial charge in [0.05, 0.1) is 5.36 Å². The molecule has 0 unspecified atom stereocenters. The topological polar surface area (TPSA) is 57.1 Å². The summed E-state index contributed by atoms with van der Waals surface area (Å²) in [7, 11) is 0. The van der Waals surface area contributed by atoms with Crippen LogP contribution < -0.4 is 15.9 Å². The van der Waals surface area contributed by atoms with E-state index in [4.69, 9.17) is 4.99 Å². The molecule has 2 heterocycles. The van der Waals surface area contributed by atoms with E-state index >= 15 is 0 Å². The highest BCUT2D eigenvalue weighted by molar-refractivity contribution is 9.10. The molecule has 0 saturated heterocycles. The molecule has 0 atom stereocenters. The molecule has 7 heteroatoms. The summed E-state index contributed by atoms with van der Waals surface area (Å²) in [6.07, 6.45) is 1.88. The minimum absolute atomic E-state index is 0.147. The molecular formula is C13H13BrN4OS.